The van der Waals surface area contributed by atoms with Gasteiger partial charge >= 0.3 is 5.97 Å². The Balaban J connectivity index is 1.91. The summed E-state index contributed by atoms with van der Waals surface area (Å²) in [5.74, 6) is -0.533. The molecule has 6 heteroatoms. The third-order valence-electron chi connectivity index (χ3n) is 2.60. The molecular formula is C9H13N3O3. The van der Waals surface area contributed by atoms with E-state index in [1.54, 1.807) is 6.92 Å². The highest BCUT2D eigenvalue weighted by Gasteiger charge is 2.35. The van der Waals surface area contributed by atoms with E-state index in [1.807, 2.05) is 0 Å². The van der Waals surface area contributed by atoms with Crippen LogP contribution in [0.25, 0.3) is 0 Å². The lowest BCUT2D eigenvalue weighted by Gasteiger charge is -2.11. The summed E-state index contributed by atoms with van der Waals surface area (Å²) in [5.41, 5.74) is 1.37. The van der Waals surface area contributed by atoms with E-state index in [2.05, 4.69) is 20.3 Å². The molecule has 2 rings (SSSR count). The van der Waals surface area contributed by atoms with Crippen molar-refractivity contribution in [3.63, 3.8) is 0 Å². The zero-order valence-electron chi connectivity index (χ0n) is 8.43. The summed E-state index contributed by atoms with van der Waals surface area (Å²) in [5, 5.41) is 19.2. The van der Waals surface area contributed by atoms with Crippen molar-refractivity contribution in [2.75, 3.05) is 0 Å². The monoisotopic (exact) mass is 211 g/mol. The molecule has 1 saturated carbocycles. The Morgan fingerprint density at radius 1 is 1.67 bits per heavy atom. The molecule has 0 amide bonds. The van der Waals surface area contributed by atoms with Crippen molar-refractivity contribution in [3.8, 4) is 0 Å². The molecule has 1 aromatic rings. The molecule has 0 radical (unpaired) electrons. The molecule has 2 N–H and O–H groups in total. The Morgan fingerprint density at radius 3 is 2.87 bits per heavy atom. The summed E-state index contributed by atoms with van der Waals surface area (Å²) in [6.45, 7) is 2.17. The molecule has 82 valence electrons. The van der Waals surface area contributed by atoms with Crippen LogP contribution in [0.1, 0.15) is 24.2 Å². The fraction of sp³-hybridized carbons (Fsp3) is 0.667. The van der Waals surface area contributed by atoms with Crippen LogP contribution >= 0.6 is 0 Å². The molecule has 15 heavy (non-hydrogen) atoms. The summed E-state index contributed by atoms with van der Waals surface area (Å²) < 4.78 is 4.53. The number of carboxylic acid groups (broad SMARTS) is 1. The topological polar surface area (TPSA) is 88.3 Å². The zero-order valence-corrected chi connectivity index (χ0v) is 8.43. The van der Waals surface area contributed by atoms with Gasteiger partial charge in [-0.15, -0.1) is 0 Å². The van der Waals surface area contributed by atoms with Gasteiger partial charge in [-0.25, -0.2) is 4.63 Å². The van der Waals surface area contributed by atoms with Crippen molar-refractivity contribution in [3.05, 3.63) is 11.4 Å². The van der Waals surface area contributed by atoms with Gasteiger partial charge in [-0.2, -0.15) is 0 Å². The first-order valence-corrected chi connectivity index (χ1v) is 4.92. The van der Waals surface area contributed by atoms with Gasteiger partial charge in [0.25, 0.3) is 0 Å². The van der Waals surface area contributed by atoms with Crippen molar-refractivity contribution in [2.45, 2.75) is 32.4 Å². The number of hydrogen-bond donors (Lipinski definition) is 2. The molecule has 1 aliphatic rings. The average Bonchev–Trinajstić information content (AvgIpc) is 2.92. The molecule has 0 aliphatic heterocycles. The highest BCUT2D eigenvalue weighted by molar-refractivity contribution is 5.74. The predicted octanol–water partition coefficient (Wildman–Crippen LogP) is 0.331. The predicted molar refractivity (Wildman–Crippen MR) is 50.0 cm³/mol. The second-order valence-corrected chi connectivity index (χ2v) is 3.83. The van der Waals surface area contributed by atoms with Crippen LogP contribution in [0.5, 0.6) is 0 Å². The lowest BCUT2D eigenvalue weighted by molar-refractivity contribution is -0.140. The van der Waals surface area contributed by atoms with Crippen LogP contribution in [0.4, 0.5) is 0 Å². The third-order valence-corrected chi connectivity index (χ3v) is 2.60. The summed E-state index contributed by atoms with van der Waals surface area (Å²) >= 11 is 0. The van der Waals surface area contributed by atoms with Crippen LogP contribution in [0.3, 0.4) is 0 Å². The molecule has 6 nitrogen and oxygen atoms in total. The fourth-order valence-electron chi connectivity index (χ4n) is 1.50. The van der Waals surface area contributed by atoms with Crippen LogP contribution in [-0.2, 0) is 11.3 Å². The molecule has 0 saturated heterocycles. The number of hydrogen-bond acceptors (Lipinski definition) is 5. The van der Waals surface area contributed by atoms with Crippen LogP contribution < -0.4 is 5.32 Å². The maximum absolute atomic E-state index is 10.9. The molecule has 1 aliphatic carbocycles. The summed E-state index contributed by atoms with van der Waals surface area (Å²) in [7, 11) is 0. The van der Waals surface area contributed by atoms with Gasteiger partial charge in [0.1, 0.15) is 17.4 Å². The average molecular weight is 211 g/mol. The molecular weight excluding hydrogens is 198 g/mol. The zero-order chi connectivity index (χ0) is 10.8. The largest absolute Gasteiger partial charge is 0.480 e. The van der Waals surface area contributed by atoms with Gasteiger partial charge in [0.2, 0.25) is 0 Å². The minimum absolute atomic E-state index is 0.266. The standard InChI is InChI=1S/C9H13N3O3/c1-5-7(12-15-11-5)4-10-8(9(13)14)6-2-3-6/h6,8,10H,2-4H2,1H3,(H,13,14). The quantitative estimate of drug-likeness (QED) is 0.729. The maximum Gasteiger partial charge on any atom is 0.320 e. The highest BCUT2D eigenvalue weighted by Crippen LogP contribution is 2.32. The molecule has 1 atom stereocenters. The Morgan fingerprint density at radius 2 is 2.40 bits per heavy atom. The second-order valence-electron chi connectivity index (χ2n) is 3.83. The minimum atomic E-state index is -0.799. The van der Waals surface area contributed by atoms with E-state index in [0.29, 0.717) is 17.9 Å². The Hall–Kier alpha value is -1.43. The normalized spacial score (nSPS) is 17.7. The number of rotatable bonds is 5. The highest BCUT2D eigenvalue weighted by atomic mass is 16.6. The number of carbonyl (C=O) groups is 1. The van der Waals surface area contributed by atoms with Crippen molar-refractivity contribution < 1.29 is 14.5 Å². The van der Waals surface area contributed by atoms with Crippen molar-refractivity contribution in [1.82, 2.24) is 15.6 Å². The number of carboxylic acids is 1. The molecule has 1 aromatic heterocycles. The smallest absolute Gasteiger partial charge is 0.320 e. The van der Waals surface area contributed by atoms with Crippen LogP contribution in [-0.4, -0.2) is 27.4 Å². The van der Waals surface area contributed by atoms with E-state index >= 15 is 0 Å². The van der Waals surface area contributed by atoms with E-state index in [4.69, 9.17) is 5.11 Å². The van der Waals surface area contributed by atoms with Crippen LogP contribution in [0.2, 0.25) is 0 Å². The Labute approximate surface area is 86.6 Å². The van der Waals surface area contributed by atoms with E-state index in [1.165, 1.54) is 0 Å². The summed E-state index contributed by atoms with van der Waals surface area (Å²) in [6.07, 6.45) is 1.97. The maximum atomic E-state index is 10.9. The third kappa shape index (κ3) is 2.33. The minimum Gasteiger partial charge on any atom is -0.480 e. The van der Waals surface area contributed by atoms with E-state index in [0.717, 1.165) is 12.8 Å². The number of aromatic nitrogens is 2. The van der Waals surface area contributed by atoms with Crippen LogP contribution in [0.15, 0.2) is 4.63 Å². The molecule has 1 heterocycles. The molecule has 0 bridgehead atoms. The second kappa shape index (κ2) is 3.98. The number of nitrogens with one attached hydrogen (secondary N) is 1. The van der Waals surface area contributed by atoms with Crippen molar-refractivity contribution in [1.29, 1.82) is 0 Å². The van der Waals surface area contributed by atoms with Gasteiger partial charge in [0.05, 0.1) is 0 Å². The first kappa shape index (κ1) is 10.1. The lowest BCUT2D eigenvalue weighted by Crippen LogP contribution is -2.38. The Bertz CT molecular complexity index is 359. The van der Waals surface area contributed by atoms with Gasteiger partial charge in [0, 0.05) is 6.54 Å². The number of nitrogens with zero attached hydrogens (tertiary/aromatic N) is 2. The van der Waals surface area contributed by atoms with Gasteiger partial charge in [-0.1, -0.05) is 10.3 Å². The first-order chi connectivity index (χ1) is 7.18. The van der Waals surface area contributed by atoms with E-state index in [9.17, 15) is 4.79 Å². The van der Waals surface area contributed by atoms with Gasteiger partial charge in [-0.3, -0.25) is 10.1 Å². The summed E-state index contributed by atoms with van der Waals surface area (Å²) in [6, 6.07) is -0.471. The fourth-order valence-corrected chi connectivity index (χ4v) is 1.50. The first-order valence-electron chi connectivity index (χ1n) is 4.92. The van der Waals surface area contributed by atoms with E-state index < -0.39 is 12.0 Å². The van der Waals surface area contributed by atoms with Crippen molar-refractivity contribution in [2.24, 2.45) is 5.92 Å². The lowest BCUT2D eigenvalue weighted by atomic mass is 10.2. The molecule has 0 spiro atoms. The van der Waals surface area contributed by atoms with Gasteiger partial charge in [-0.05, 0) is 25.7 Å². The number of aliphatic carboxylic acids is 1. The van der Waals surface area contributed by atoms with Gasteiger partial charge < -0.3 is 5.11 Å². The molecule has 1 unspecified atom stereocenters. The van der Waals surface area contributed by atoms with E-state index in [-0.39, 0.29) is 5.92 Å². The Kier molecular flexibility index (Phi) is 2.68. The summed E-state index contributed by atoms with van der Waals surface area (Å²) in [4.78, 5) is 10.9. The van der Waals surface area contributed by atoms with Gasteiger partial charge in [0.15, 0.2) is 0 Å². The molecule has 1 fully saturated rings. The number of aryl methyl sites for hydroxylation is 1. The van der Waals surface area contributed by atoms with Crippen LogP contribution in [0, 0.1) is 12.8 Å². The molecule has 0 aromatic carbocycles. The SMILES string of the molecule is Cc1nonc1CNC(C(=O)O)C1CC1. The van der Waals surface area contributed by atoms with Crippen molar-refractivity contribution >= 4 is 5.97 Å².